The maximum absolute atomic E-state index is 11.3. The lowest BCUT2D eigenvalue weighted by molar-refractivity contribution is 0.598. The molecular formula is C12H16N4O2S2. The Balaban J connectivity index is 2.15. The fourth-order valence-electron chi connectivity index (χ4n) is 1.66. The van der Waals surface area contributed by atoms with Crippen LogP contribution in [0.15, 0.2) is 29.3 Å². The molecule has 1 aromatic carbocycles. The first-order valence-electron chi connectivity index (χ1n) is 5.99. The second-order valence-corrected chi connectivity index (χ2v) is 7.02. The minimum atomic E-state index is -3.76. The number of nitrogens with zero attached hydrogens (tertiary/aromatic N) is 1. The van der Waals surface area contributed by atoms with Crippen molar-refractivity contribution in [3.05, 3.63) is 34.3 Å². The second kappa shape index (κ2) is 5.78. The van der Waals surface area contributed by atoms with Gasteiger partial charge >= 0.3 is 0 Å². The van der Waals surface area contributed by atoms with E-state index in [1.807, 2.05) is 6.20 Å². The van der Waals surface area contributed by atoms with Gasteiger partial charge in [0.2, 0.25) is 10.0 Å². The molecule has 0 aliphatic carbocycles. The molecule has 108 valence electrons. The average molecular weight is 312 g/mol. The van der Waals surface area contributed by atoms with Crippen LogP contribution in [-0.2, 0) is 23.0 Å². The van der Waals surface area contributed by atoms with Crippen molar-refractivity contribution in [1.29, 1.82) is 0 Å². The Morgan fingerprint density at radius 1 is 1.35 bits per heavy atom. The van der Waals surface area contributed by atoms with E-state index in [9.17, 15) is 8.42 Å². The van der Waals surface area contributed by atoms with Crippen molar-refractivity contribution in [2.75, 3.05) is 11.1 Å². The van der Waals surface area contributed by atoms with Gasteiger partial charge in [0.05, 0.1) is 11.4 Å². The molecule has 0 spiro atoms. The van der Waals surface area contributed by atoms with Crippen molar-refractivity contribution >= 4 is 32.7 Å². The number of sulfonamides is 1. The number of benzene rings is 1. The molecule has 0 fully saturated rings. The number of hydrogen-bond acceptors (Lipinski definition) is 6. The number of hydrogen-bond donors (Lipinski definition) is 3. The number of anilines is 2. The van der Waals surface area contributed by atoms with Crippen molar-refractivity contribution < 1.29 is 8.42 Å². The molecule has 0 amide bonds. The number of primary sulfonamides is 1. The first-order valence-corrected chi connectivity index (χ1v) is 8.35. The van der Waals surface area contributed by atoms with Gasteiger partial charge in [-0.05, 0) is 24.6 Å². The topological polar surface area (TPSA) is 111 Å². The van der Waals surface area contributed by atoms with Gasteiger partial charge < -0.3 is 11.1 Å². The van der Waals surface area contributed by atoms with Crippen LogP contribution in [0.25, 0.3) is 0 Å². The molecule has 0 aliphatic rings. The van der Waals surface area contributed by atoms with E-state index in [0.717, 1.165) is 11.4 Å². The Bertz CT molecular complexity index is 710. The van der Waals surface area contributed by atoms with Crippen LogP contribution in [-0.4, -0.2) is 13.4 Å². The molecule has 8 heteroatoms. The van der Waals surface area contributed by atoms with Crippen LogP contribution >= 0.6 is 11.3 Å². The quantitative estimate of drug-likeness (QED) is 0.725. The lowest BCUT2D eigenvalue weighted by Crippen LogP contribution is -2.13. The van der Waals surface area contributed by atoms with Crippen LogP contribution in [0.2, 0.25) is 0 Å². The summed E-state index contributed by atoms with van der Waals surface area (Å²) in [6, 6.07) is 4.45. The van der Waals surface area contributed by atoms with Crippen LogP contribution < -0.4 is 16.2 Å². The first kappa shape index (κ1) is 14.8. The van der Waals surface area contributed by atoms with Gasteiger partial charge in [-0.3, -0.25) is 0 Å². The molecule has 0 bridgehead atoms. The number of aromatic nitrogens is 1. The van der Waals surface area contributed by atoms with Gasteiger partial charge in [-0.15, -0.1) is 11.3 Å². The van der Waals surface area contributed by atoms with E-state index in [1.165, 1.54) is 17.0 Å². The second-order valence-electron chi connectivity index (χ2n) is 4.26. The molecule has 0 radical (unpaired) electrons. The molecule has 0 atom stereocenters. The Kier molecular flexibility index (Phi) is 4.26. The highest BCUT2D eigenvalue weighted by atomic mass is 32.2. The maximum atomic E-state index is 11.3. The summed E-state index contributed by atoms with van der Waals surface area (Å²) in [4.78, 5) is 5.48. The molecule has 6 nitrogen and oxygen atoms in total. The standard InChI is InChI=1S/C12H16N4O2S2/c1-2-10-6-16-12(19-10)7-15-9-3-8(13)4-11(5-9)20(14,17)18/h3-6,15H,2,7,13H2,1H3,(H2,14,17,18). The van der Waals surface area contributed by atoms with E-state index in [-0.39, 0.29) is 4.90 Å². The van der Waals surface area contributed by atoms with Gasteiger partial charge in [-0.2, -0.15) is 0 Å². The Morgan fingerprint density at radius 3 is 2.70 bits per heavy atom. The van der Waals surface area contributed by atoms with Crippen LogP contribution in [0.4, 0.5) is 11.4 Å². The van der Waals surface area contributed by atoms with Crippen molar-refractivity contribution in [1.82, 2.24) is 4.98 Å². The molecule has 5 N–H and O–H groups in total. The zero-order valence-corrected chi connectivity index (χ0v) is 12.6. The zero-order chi connectivity index (χ0) is 14.8. The zero-order valence-electron chi connectivity index (χ0n) is 11.0. The Morgan fingerprint density at radius 2 is 2.10 bits per heavy atom. The monoisotopic (exact) mass is 312 g/mol. The van der Waals surface area contributed by atoms with E-state index in [4.69, 9.17) is 10.9 Å². The number of aryl methyl sites for hydroxylation is 1. The van der Waals surface area contributed by atoms with Crippen molar-refractivity contribution in [2.45, 2.75) is 24.8 Å². The molecule has 2 rings (SSSR count). The summed E-state index contributed by atoms with van der Waals surface area (Å²) in [5.74, 6) is 0. The summed E-state index contributed by atoms with van der Waals surface area (Å²) < 4.78 is 22.7. The first-order chi connectivity index (χ1) is 9.38. The third kappa shape index (κ3) is 3.69. The van der Waals surface area contributed by atoms with Crippen molar-refractivity contribution in [2.24, 2.45) is 5.14 Å². The van der Waals surface area contributed by atoms with Crippen LogP contribution in [0.1, 0.15) is 16.8 Å². The van der Waals surface area contributed by atoms with E-state index in [1.54, 1.807) is 17.4 Å². The molecule has 2 aromatic rings. The highest BCUT2D eigenvalue weighted by molar-refractivity contribution is 7.89. The van der Waals surface area contributed by atoms with Crippen molar-refractivity contribution in [3.63, 3.8) is 0 Å². The fourth-order valence-corrected chi connectivity index (χ4v) is 3.05. The summed E-state index contributed by atoms with van der Waals surface area (Å²) in [6.45, 7) is 2.58. The van der Waals surface area contributed by atoms with E-state index in [0.29, 0.717) is 17.9 Å². The number of rotatable bonds is 5. The normalized spacial score (nSPS) is 11.5. The fraction of sp³-hybridized carbons (Fsp3) is 0.250. The highest BCUT2D eigenvalue weighted by Gasteiger charge is 2.10. The molecule has 0 saturated heterocycles. The summed E-state index contributed by atoms with van der Waals surface area (Å²) >= 11 is 1.62. The third-order valence-electron chi connectivity index (χ3n) is 2.65. The van der Waals surface area contributed by atoms with Gasteiger partial charge in [0.25, 0.3) is 0 Å². The highest BCUT2D eigenvalue weighted by Crippen LogP contribution is 2.21. The predicted octanol–water partition coefficient (Wildman–Crippen LogP) is 1.55. The SMILES string of the molecule is CCc1cnc(CNc2cc(N)cc(S(N)(=O)=O)c2)s1. The predicted molar refractivity (Wildman–Crippen MR) is 81.0 cm³/mol. The molecular weight excluding hydrogens is 296 g/mol. The smallest absolute Gasteiger partial charge is 0.238 e. The Hall–Kier alpha value is -1.64. The van der Waals surface area contributed by atoms with Gasteiger partial charge in [-0.25, -0.2) is 18.5 Å². The molecule has 20 heavy (non-hydrogen) atoms. The average Bonchev–Trinajstić information content (AvgIpc) is 2.82. The third-order valence-corrected chi connectivity index (χ3v) is 4.69. The van der Waals surface area contributed by atoms with Gasteiger partial charge in [-0.1, -0.05) is 6.92 Å². The minimum Gasteiger partial charge on any atom is -0.399 e. The number of thiazole rings is 1. The summed E-state index contributed by atoms with van der Waals surface area (Å²) in [5.41, 5.74) is 6.62. The lowest BCUT2D eigenvalue weighted by Gasteiger charge is -2.08. The van der Waals surface area contributed by atoms with Crippen LogP contribution in [0.5, 0.6) is 0 Å². The largest absolute Gasteiger partial charge is 0.399 e. The molecule has 0 aliphatic heterocycles. The number of nitrogens with one attached hydrogen (secondary N) is 1. The summed E-state index contributed by atoms with van der Waals surface area (Å²) in [5, 5.41) is 9.13. The molecule has 0 unspecified atom stereocenters. The lowest BCUT2D eigenvalue weighted by atomic mass is 10.3. The summed E-state index contributed by atoms with van der Waals surface area (Å²) in [6.07, 6.45) is 2.79. The van der Waals surface area contributed by atoms with Gasteiger partial charge in [0.15, 0.2) is 0 Å². The minimum absolute atomic E-state index is 0.00612. The number of nitrogens with two attached hydrogens (primary N) is 2. The Labute approximate surface area is 121 Å². The summed E-state index contributed by atoms with van der Waals surface area (Å²) in [7, 11) is -3.76. The number of nitrogen functional groups attached to an aromatic ring is 1. The van der Waals surface area contributed by atoms with Gasteiger partial charge in [0.1, 0.15) is 5.01 Å². The molecule has 1 heterocycles. The molecule has 0 saturated carbocycles. The van der Waals surface area contributed by atoms with Crippen molar-refractivity contribution in [3.8, 4) is 0 Å². The van der Waals surface area contributed by atoms with Gasteiger partial charge in [0, 0.05) is 22.4 Å². The maximum Gasteiger partial charge on any atom is 0.238 e. The molecule has 1 aromatic heterocycles. The van der Waals surface area contributed by atoms with Crippen LogP contribution in [0.3, 0.4) is 0 Å². The van der Waals surface area contributed by atoms with E-state index < -0.39 is 10.0 Å². The van der Waals surface area contributed by atoms with E-state index in [2.05, 4.69) is 17.2 Å². The van der Waals surface area contributed by atoms with E-state index >= 15 is 0 Å². The van der Waals surface area contributed by atoms with Crippen LogP contribution in [0, 0.1) is 0 Å².